The fourth-order valence-electron chi connectivity index (χ4n) is 3.08. The summed E-state index contributed by atoms with van der Waals surface area (Å²) in [6.45, 7) is 5.59. The third-order valence-corrected chi connectivity index (χ3v) is 10.6. The Labute approximate surface area is 165 Å². The molecule has 0 amide bonds. The standard InChI is InChI=1S/C17H19ClN4OS3/c1-16(2)14(19)21-17(3,9-26(16,4)23)13-10(18)7-12(25-13)11-8-22-5-6-24-15(22)20-11/h5-8H,4,9H2,1-3H3,(H2,19,21)/t17-,26?/m0/s1. The molecule has 0 aromatic carbocycles. The van der Waals surface area contributed by atoms with Gasteiger partial charge in [0.1, 0.15) is 17.1 Å². The van der Waals surface area contributed by atoms with Crippen molar-refractivity contribution in [3.8, 4) is 10.6 Å². The molecular formula is C17H19ClN4OS3. The molecule has 4 heterocycles. The predicted molar refractivity (Wildman–Crippen MR) is 115 cm³/mol. The lowest BCUT2D eigenvalue weighted by Crippen LogP contribution is -2.54. The van der Waals surface area contributed by atoms with Gasteiger partial charge in [0.05, 0.1) is 19.5 Å². The minimum Gasteiger partial charge on any atom is -0.386 e. The van der Waals surface area contributed by atoms with Gasteiger partial charge in [-0.3, -0.25) is 13.6 Å². The highest BCUT2D eigenvalue weighted by atomic mass is 35.5. The number of hydrogen-bond acceptors (Lipinski definition) is 6. The van der Waals surface area contributed by atoms with Gasteiger partial charge in [-0.05, 0) is 42.2 Å². The quantitative estimate of drug-likeness (QED) is 0.632. The number of hydrogen-bond donors (Lipinski definition) is 1. The zero-order valence-corrected chi connectivity index (χ0v) is 17.9. The second-order valence-electron chi connectivity index (χ2n) is 7.24. The van der Waals surface area contributed by atoms with Gasteiger partial charge in [-0.15, -0.1) is 22.7 Å². The molecule has 9 heteroatoms. The normalized spacial score (nSPS) is 28.4. The number of nitrogens with zero attached hydrogens (tertiary/aromatic N) is 3. The number of thiophene rings is 1. The Hall–Kier alpha value is -1.35. The number of halogens is 1. The molecule has 26 heavy (non-hydrogen) atoms. The Bertz CT molecular complexity index is 1120. The molecule has 0 spiro atoms. The van der Waals surface area contributed by atoms with Crippen molar-refractivity contribution in [3.63, 3.8) is 0 Å². The number of aliphatic imine (C=N–C) groups is 1. The molecule has 3 aromatic rings. The second kappa shape index (κ2) is 5.58. The topological polar surface area (TPSA) is 72.8 Å². The number of rotatable bonds is 2. The highest BCUT2D eigenvalue weighted by molar-refractivity contribution is 8.02. The lowest BCUT2D eigenvalue weighted by Gasteiger charge is -2.40. The minimum atomic E-state index is -2.48. The highest BCUT2D eigenvalue weighted by Gasteiger charge is 2.46. The highest BCUT2D eigenvalue weighted by Crippen LogP contribution is 2.45. The average molecular weight is 427 g/mol. The summed E-state index contributed by atoms with van der Waals surface area (Å²) in [6, 6.07) is 1.90. The van der Waals surface area contributed by atoms with Crippen LogP contribution in [0.3, 0.4) is 0 Å². The third kappa shape index (κ3) is 2.54. The molecule has 0 fully saturated rings. The SMILES string of the molecule is C=S1(=O)C[C@@](C)(c2sc(-c3cn4ccsc4n3)cc2Cl)N=C(N)C1(C)C. The molecule has 1 aliphatic rings. The van der Waals surface area contributed by atoms with Crippen LogP contribution in [-0.2, 0) is 15.1 Å². The van der Waals surface area contributed by atoms with E-state index < -0.39 is 19.8 Å². The molecule has 0 saturated heterocycles. The van der Waals surface area contributed by atoms with Crippen molar-refractivity contribution in [2.75, 3.05) is 5.75 Å². The first-order valence-electron chi connectivity index (χ1n) is 7.96. The zero-order valence-electron chi connectivity index (χ0n) is 14.7. The van der Waals surface area contributed by atoms with Crippen molar-refractivity contribution in [1.29, 1.82) is 0 Å². The lowest BCUT2D eigenvalue weighted by molar-refractivity contribution is 0.543. The van der Waals surface area contributed by atoms with Crippen LogP contribution in [0.2, 0.25) is 5.02 Å². The smallest absolute Gasteiger partial charge is 0.194 e. The number of thiazole rings is 1. The average Bonchev–Trinajstić information content (AvgIpc) is 3.18. The van der Waals surface area contributed by atoms with Crippen LogP contribution in [0.25, 0.3) is 15.5 Å². The summed E-state index contributed by atoms with van der Waals surface area (Å²) in [5, 5.41) is 2.59. The Morgan fingerprint density at radius 2 is 2.15 bits per heavy atom. The van der Waals surface area contributed by atoms with Crippen LogP contribution in [0.1, 0.15) is 25.6 Å². The van der Waals surface area contributed by atoms with Gasteiger partial charge in [-0.1, -0.05) is 11.6 Å². The summed E-state index contributed by atoms with van der Waals surface area (Å²) in [5.41, 5.74) is 6.29. The van der Waals surface area contributed by atoms with Gasteiger partial charge in [-0.2, -0.15) is 0 Å². The van der Waals surface area contributed by atoms with Crippen molar-refractivity contribution in [1.82, 2.24) is 9.38 Å². The van der Waals surface area contributed by atoms with Crippen molar-refractivity contribution in [2.24, 2.45) is 10.7 Å². The van der Waals surface area contributed by atoms with Crippen LogP contribution in [0, 0.1) is 0 Å². The molecule has 5 nitrogen and oxygen atoms in total. The van der Waals surface area contributed by atoms with Gasteiger partial charge in [-0.25, -0.2) is 4.98 Å². The number of nitrogens with two attached hydrogens (primary N) is 1. The molecule has 0 radical (unpaired) electrons. The van der Waals surface area contributed by atoms with Crippen molar-refractivity contribution < 1.29 is 4.21 Å². The Balaban J connectivity index is 1.82. The molecule has 1 unspecified atom stereocenters. The van der Waals surface area contributed by atoms with Crippen LogP contribution in [0.5, 0.6) is 0 Å². The fourth-order valence-corrected chi connectivity index (χ4v) is 7.37. The minimum absolute atomic E-state index is 0.311. The molecule has 0 aliphatic carbocycles. The van der Waals surface area contributed by atoms with E-state index in [4.69, 9.17) is 22.3 Å². The number of aromatic nitrogens is 2. The first kappa shape index (κ1) is 18.0. The van der Waals surface area contributed by atoms with E-state index in [1.807, 2.05) is 49.0 Å². The van der Waals surface area contributed by atoms with Crippen molar-refractivity contribution in [3.05, 3.63) is 33.7 Å². The van der Waals surface area contributed by atoms with E-state index in [-0.39, 0.29) is 0 Å². The van der Waals surface area contributed by atoms with Crippen LogP contribution in [0.4, 0.5) is 0 Å². The first-order valence-corrected chi connectivity index (χ1v) is 11.9. The van der Waals surface area contributed by atoms with Gasteiger partial charge in [0.15, 0.2) is 4.96 Å². The molecule has 138 valence electrons. The van der Waals surface area contributed by atoms with Gasteiger partial charge >= 0.3 is 0 Å². The maximum absolute atomic E-state index is 13.2. The van der Waals surface area contributed by atoms with Crippen LogP contribution in [0.15, 0.2) is 28.8 Å². The second-order valence-corrected chi connectivity index (χ2v) is 12.5. The summed E-state index contributed by atoms with van der Waals surface area (Å²) in [4.78, 5) is 12.1. The van der Waals surface area contributed by atoms with E-state index in [9.17, 15) is 4.21 Å². The van der Waals surface area contributed by atoms with Crippen LogP contribution in [-0.4, -0.2) is 35.8 Å². The number of amidine groups is 1. The molecule has 1 aliphatic heterocycles. The van der Waals surface area contributed by atoms with Gasteiger partial charge in [0, 0.05) is 23.5 Å². The Morgan fingerprint density at radius 3 is 2.81 bits per heavy atom. The van der Waals surface area contributed by atoms with E-state index in [2.05, 4.69) is 10.9 Å². The zero-order chi connectivity index (χ0) is 18.9. The molecule has 2 N–H and O–H groups in total. The maximum atomic E-state index is 13.2. The van der Waals surface area contributed by atoms with Crippen molar-refractivity contribution in [2.45, 2.75) is 31.1 Å². The number of fused-ring (bicyclic) bond motifs is 1. The van der Waals surface area contributed by atoms with Gasteiger partial charge < -0.3 is 5.73 Å². The lowest BCUT2D eigenvalue weighted by atomic mass is 10.0. The van der Waals surface area contributed by atoms with Gasteiger partial charge in [0.2, 0.25) is 0 Å². The first-order chi connectivity index (χ1) is 12.0. The third-order valence-electron chi connectivity index (χ3n) is 4.95. The van der Waals surface area contributed by atoms with E-state index >= 15 is 0 Å². The molecule has 2 atom stereocenters. The summed E-state index contributed by atoms with van der Waals surface area (Å²) in [6.07, 6.45) is 3.95. The van der Waals surface area contributed by atoms with Crippen LogP contribution >= 0.6 is 34.3 Å². The van der Waals surface area contributed by atoms with Crippen LogP contribution < -0.4 is 5.73 Å². The van der Waals surface area contributed by atoms with E-state index in [1.165, 1.54) is 11.3 Å². The van der Waals surface area contributed by atoms with E-state index in [0.717, 1.165) is 20.4 Å². The molecule has 0 bridgehead atoms. The molecular weight excluding hydrogens is 408 g/mol. The summed E-state index contributed by atoms with van der Waals surface area (Å²) in [7, 11) is -2.48. The van der Waals surface area contributed by atoms with E-state index in [1.54, 1.807) is 11.3 Å². The summed E-state index contributed by atoms with van der Waals surface area (Å²) >= 11 is 9.66. The van der Waals surface area contributed by atoms with Gasteiger partial charge in [0.25, 0.3) is 0 Å². The molecule has 3 aromatic heterocycles. The maximum Gasteiger partial charge on any atom is 0.194 e. The molecule has 4 rings (SSSR count). The van der Waals surface area contributed by atoms with Crippen molar-refractivity contribution >= 4 is 60.5 Å². The largest absolute Gasteiger partial charge is 0.386 e. The summed E-state index contributed by atoms with van der Waals surface area (Å²) < 4.78 is 14.5. The fraction of sp³-hybridized carbons (Fsp3) is 0.353. The predicted octanol–water partition coefficient (Wildman–Crippen LogP) is 3.86. The Kier molecular flexibility index (Phi) is 3.87. The van der Waals surface area contributed by atoms with E-state index in [0.29, 0.717) is 16.6 Å². The Morgan fingerprint density at radius 1 is 1.42 bits per heavy atom. The summed E-state index contributed by atoms with van der Waals surface area (Å²) in [5.74, 6) is 4.66. The number of imidazole rings is 1. The molecule has 0 saturated carbocycles. The monoisotopic (exact) mass is 426 g/mol.